The van der Waals surface area contributed by atoms with E-state index in [1.54, 1.807) is 13.8 Å². The normalized spacial score (nSPS) is 17.3. The van der Waals surface area contributed by atoms with Gasteiger partial charge in [0.05, 0.1) is 23.5 Å². The highest BCUT2D eigenvalue weighted by Crippen LogP contribution is 2.44. The van der Waals surface area contributed by atoms with Crippen molar-refractivity contribution in [2.24, 2.45) is 0 Å². The quantitative estimate of drug-likeness (QED) is 0.590. The molecule has 0 atom stereocenters. The molecule has 3 aromatic rings. The largest absolute Gasteiger partial charge is 0.334 e. The van der Waals surface area contributed by atoms with E-state index < -0.39 is 10.0 Å². The first-order chi connectivity index (χ1) is 15.4. The molecule has 0 radical (unpaired) electrons. The lowest BCUT2D eigenvalue weighted by atomic mass is 9.80. The fourth-order valence-corrected chi connectivity index (χ4v) is 5.78. The number of nitriles is 1. The minimum absolute atomic E-state index is 0.0204. The molecule has 1 N–H and O–H groups in total. The molecular weight excluding hydrogens is 422 g/mol. The van der Waals surface area contributed by atoms with Crippen molar-refractivity contribution in [3.8, 4) is 17.6 Å². The second kappa shape index (κ2) is 7.98. The van der Waals surface area contributed by atoms with E-state index in [4.69, 9.17) is 0 Å². The van der Waals surface area contributed by atoms with Crippen molar-refractivity contribution in [2.75, 3.05) is 0 Å². The van der Waals surface area contributed by atoms with E-state index in [-0.39, 0.29) is 10.9 Å². The maximum absolute atomic E-state index is 12.5. The Morgan fingerprint density at radius 3 is 2.34 bits per heavy atom. The van der Waals surface area contributed by atoms with E-state index >= 15 is 0 Å². The minimum Gasteiger partial charge on any atom is -0.334 e. The van der Waals surface area contributed by atoms with Crippen molar-refractivity contribution in [3.05, 3.63) is 41.7 Å². The van der Waals surface area contributed by atoms with Gasteiger partial charge in [-0.25, -0.2) is 23.1 Å². The molecule has 0 spiro atoms. The SMILES string of the molecule is CC(C)NS(=O)(=O)c1cnc(-c2c(C#N)c3ccc(C4CCC4)cc3n2C2CCC2)nc1. The second-order valence-electron chi connectivity index (χ2n) is 9.21. The lowest BCUT2D eigenvalue weighted by Crippen LogP contribution is -2.30. The minimum atomic E-state index is -3.68. The van der Waals surface area contributed by atoms with Crippen molar-refractivity contribution in [1.82, 2.24) is 19.3 Å². The Morgan fingerprint density at radius 2 is 1.81 bits per heavy atom. The fraction of sp³-hybridized carbons (Fsp3) is 0.458. The van der Waals surface area contributed by atoms with E-state index in [2.05, 4.69) is 43.5 Å². The number of benzene rings is 1. The van der Waals surface area contributed by atoms with Gasteiger partial charge in [-0.05, 0) is 63.5 Å². The van der Waals surface area contributed by atoms with Gasteiger partial charge in [0.25, 0.3) is 0 Å². The summed E-state index contributed by atoms with van der Waals surface area (Å²) in [5.41, 5.74) is 3.65. The molecule has 2 fully saturated rings. The van der Waals surface area contributed by atoms with Crippen molar-refractivity contribution < 1.29 is 8.42 Å². The van der Waals surface area contributed by atoms with Gasteiger partial charge >= 0.3 is 0 Å². The van der Waals surface area contributed by atoms with Crippen LogP contribution in [0.1, 0.15) is 75.5 Å². The van der Waals surface area contributed by atoms with Gasteiger partial charge in [-0.15, -0.1) is 0 Å². The number of hydrogen-bond acceptors (Lipinski definition) is 5. The van der Waals surface area contributed by atoms with Crippen LogP contribution in [-0.4, -0.2) is 29.0 Å². The Bertz CT molecular complexity index is 1310. The maximum atomic E-state index is 12.5. The van der Waals surface area contributed by atoms with Crippen LogP contribution >= 0.6 is 0 Å². The van der Waals surface area contributed by atoms with Crippen molar-refractivity contribution in [2.45, 2.75) is 75.3 Å². The Labute approximate surface area is 188 Å². The van der Waals surface area contributed by atoms with Gasteiger partial charge in [0, 0.05) is 17.5 Å². The first-order valence-electron chi connectivity index (χ1n) is 11.3. The molecule has 166 valence electrons. The molecule has 0 unspecified atom stereocenters. The molecule has 8 heteroatoms. The maximum Gasteiger partial charge on any atom is 0.243 e. The van der Waals surface area contributed by atoms with E-state index in [1.807, 2.05) is 0 Å². The smallest absolute Gasteiger partial charge is 0.243 e. The molecule has 5 rings (SSSR count). The topological polar surface area (TPSA) is 101 Å². The molecule has 0 amide bonds. The van der Waals surface area contributed by atoms with Crippen LogP contribution in [-0.2, 0) is 10.0 Å². The lowest BCUT2D eigenvalue weighted by molar-refractivity contribution is 0.323. The van der Waals surface area contributed by atoms with Crippen LogP contribution in [0.15, 0.2) is 35.5 Å². The summed E-state index contributed by atoms with van der Waals surface area (Å²) in [6.45, 7) is 3.53. The standard InChI is InChI=1S/C24H27N5O2S/c1-15(2)28-32(30,31)19-13-26-24(27-14-19)23-21(12-25)20-10-9-17(16-5-3-6-16)11-22(20)29(23)18-7-4-8-18/h9-11,13-16,18,28H,3-8H2,1-2H3. The van der Waals surface area contributed by atoms with Crippen LogP contribution in [0.2, 0.25) is 0 Å². The molecular formula is C24H27N5O2S. The van der Waals surface area contributed by atoms with Crippen LogP contribution in [0.25, 0.3) is 22.4 Å². The average Bonchev–Trinajstić information content (AvgIpc) is 2.98. The Hall–Kier alpha value is -2.76. The number of hydrogen-bond donors (Lipinski definition) is 1. The predicted molar refractivity (Wildman–Crippen MR) is 123 cm³/mol. The Balaban J connectivity index is 1.65. The fourth-order valence-electron chi connectivity index (χ4n) is 4.64. The van der Waals surface area contributed by atoms with E-state index in [1.165, 1.54) is 37.2 Å². The van der Waals surface area contributed by atoms with Gasteiger partial charge < -0.3 is 4.57 Å². The number of rotatable bonds is 6. The van der Waals surface area contributed by atoms with Gasteiger partial charge in [0.2, 0.25) is 10.0 Å². The molecule has 1 aromatic carbocycles. The molecule has 7 nitrogen and oxygen atoms in total. The summed E-state index contributed by atoms with van der Waals surface area (Å²) in [5, 5.41) is 11.0. The molecule has 2 aliphatic rings. The number of fused-ring (bicyclic) bond motifs is 1. The van der Waals surface area contributed by atoms with Crippen LogP contribution in [0.4, 0.5) is 0 Å². The molecule has 0 aliphatic heterocycles. The first kappa shape index (κ1) is 21.1. The van der Waals surface area contributed by atoms with Gasteiger partial charge in [0.1, 0.15) is 16.7 Å². The van der Waals surface area contributed by atoms with Crippen LogP contribution < -0.4 is 4.72 Å². The number of sulfonamides is 1. The van der Waals surface area contributed by atoms with E-state index in [9.17, 15) is 13.7 Å². The monoisotopic (exact) mass is 449 g/mol. The summed E-state index contributed by atoms with van der Waals surface area (Å²) in [4.78, 5) is 8.84. The predicted octanol–water partition coefficient (Wildman–Crippen LogP) is 4.65. The van der Waals surface area contributed by atoms with Gasteiger partial charge in [-0.3, -0.25) is 0 Å². The van der Waals surface area contributed by atoms with Crippen molar-refractivity contribution in [1.29, 1.82) is 5.26 Å². The van der Waals surface area contributed by atoms with E-state index in [0.29, 0.717) is 29.0 Å². The Morgan fingerprint density at radius 1 is 1.12 bits per heavy atom. The molecule has 2 aromatic heterocycles. The summed E-state index contributed by atoms with van der Waals surface area (Å²) < 4.78 is 29.7. The summed E-state index contributed by atoms with van der Waals surface area (Å²) in [7, 11) is -3.68. The van der Waals surface area contributed by atoms with Crippen LogP contribution in [0.3, 0.4) is 0 Å². The van der Waals surface area contributed by atoms with Crippen molar-refractivity contribution in [3.63, 3.8) is 0 Å². The number of nitrogens with zero attached hydrogens (tertiary/aromatic N) is 4. The lowest BCUT2D eigenvalue weighted by Gasteiger charge is -2.30. The molecule has 2 saturated carbocycles. The molecule has 2 aliphatic carbocycles. The molecule has 0 saturated heterocycles. The number of aromatic nitrogens is 3. The number of nitrogens with one attached hydrogen (secondary N) is 1. The van der Waals surface area contributed by atoms with E-state index in [0.717, 1.165) is 30.2 Å². The third-order valence-electron chi connectivity index (χ3n) is 6.70. The molecule has 32 heavy (non-hydrogen) atoms. The average molecular weight is 450 g/mol. The van der Waals surface area contributed by atoms with Crippen LogP contribution in [0.5, 0.6) is 0 Å². The Kier molecular flexibility index (Phi) is 5.26. The zero-order valence-corrected chi connectivity index (χ0v) is 19.2. The summed E-state index contributed by atoms with van der Waals surface area (Å²) >= 11 is 0. The zero-order valence-electron chi connectivity index (χ0n) is 18.4. The highest BCUT2D eigenvalue weighted by molar-refractivity contribution is 7.89. The second-order valence-corrected chi connectivity index (χ2v) is 10.9. The third-order valence-corrected chi connectivity index (χ3v) is 8.31. The van der Waals surface area contributed by atoms with Gasteiger partial charge in [0.15, 0.2) is 5.82 Å². The highest BCUT2D eigenvalue weighted by atomic mass is 32.2. The zero-order chi connectivity index (χ0) is 22.5. The highest BCUT2D eigenvalue weighted by Gasteiger charge is 2.30. The van der Waals surface area contributed by atoms with Gasteiger partial charge in [-0.2, -0.15) is 5.26 Å². The van der Waals surface area contributed by atoms with Gasteiger partial charge in [-0.1, -0.05) is 18.6 Å². The van der Waals surface area contributed by atoms with Crippen LogP contribution in [0, 0.1) is 11.3 Å². The third kappa shape index (κ3) is 3.50. The molecule has 0 bridgehead atoms. The molecule has 2 heterocycles. The van der Waals surface area contributed by atoms with Crippen molar-refractivity contribution >= 4 is 20.9 Å². The summed E-state index contributed by atoms with van der Waals surface area (Å²) in [6, 6.07) is 8.91. The summed E-state index contributed by atoms with van der Waals surface area (Å²) in [6.07, 6.45) is 9.64. The first-order valence-corrected chi connectivity index (χ1v) is 12.8. The summed E-state index contributed by atoms with van der Waals surface area (Å²) in [5.74, 6) is 0.991.